The van der Waals surface area contributed by atoms with Crippen molar-refractivity contribution < 1.29 is 14.7 Å². The second-order valence-electron chi connectivity index (χ2n) is 5.20. The van der Waals surface area contributed by atoms with Gasteiger partial charge in [0.1, 0.15) is 0 Å². The summed E-state index contributed by atoms with van der Waals surface area (Å²) in [5, 5.41) is 9.04. The summed E-state index contributed by atoms with van der Waals surface area (Å²) in [4.78, 5) is 25.2. The molecule has 1 N–H and O–H groups in total. The molecule has 0 fully saturated rings. The van der Waals surface area contributed by atoms with Crippen LogP contribution in [0.1, 0.15) is 42.1 Å². The number of benzene rings is 1. The van der Waals surface area contributed by atoms with Gasteiger partial charge in [-0.2, -0.15) is 11.8 Å². The fourth-order valence-electron chi connectivity index (χ4n) is 2.47. The molecule has 1 aliphatic heterocycles. The summed E-state index contributed by atoms with van der Waals surface area (Å²) in [6.07, 6.45) is 4.01. The van der Waals surface area contributed by atoms with Crippen LogP contribution in [0.25, 0.3) is 0 Å². The number of carbonyl (C=O) groups is 2. The van der Waals surface area contributed by atoms with Crippen LogP contribution >= 0.6 is 11.8 Å². The van der Waals surface area contributed by atoms with Gasteiger partial charge in [0.15, 0.2) is 0 Å². The van der Waals surface area contributed by atoms with Crippen molar-refractivity contribution in [2.75, 3.05) is 23.0 Å². The molecule has 1 aromatic carbocycles. The minimum Gasteiger partial charge on any atom is -0.478 e. The number of anilines is 1. The zero-order valence-electron chi connectivity index (χ0n) is 12.3. The zero-order valence-corrected chi connectivity index (χ0v) is 13.1. The highest BCUT2D eigenvalue weighted by atomic mass is 32.2. The van der Waals surface area contributed by atoms with Crippen molar-refractivity contribution in [3.05, 3.63) is 29.3 Å². The highest BCUT2D eigenvalue weighted by Gasteiger charge is 2.23. The Hall–Kier alpha value is -1.49. The van der Waals surface area contributed by atoms with E-state index in [1.165, 1.54) is 0 Å². The molecule has 114 valence electrons. The number of amides is 1. The van der Waals surface area contributed by atoms with Gasteiger partial charge in [-0.1, -0.05) is 13.3 Å². The molecular weight excluding hydrogens is 286 g/mol. The predicted octanol–water partition coefficient (Wildman–Crippen LogP) is 3.20. The SMILES string of the molecule is CCCCSCC(=O)N1CCCc2cc(C(=O)O)ccc21. The fraction of sp³-hybridized carbons (Fsp3) is 0.500. The molecule has 0 aliphatic carbocycles. The lowest BCUT2D eigenvalue weighted by atomic mass is 9.99. The van der Waals surface area contributed by atoms with E-state index in [9.17, 15) is 9.59 Å². The van der Waals surface area contributed by atoms with E-state index in [4.69, 9.17) is 5.11 Å². The number of carbonyl (C=O) groups excluding carboxylic acids is 1. The van der Waals surface area contributed by atoms with Crippen LogP contribution in [0.3, 0.4) is 0 Å². The number of unbranched alkanes of at least 4 members (excludes halogenated alkanes) is 1. The van der Waals surface area contributed by atoms with Gasteiger partial charge in [0, 0.05) is 12.2 Å². The Bertz CT molecular complexity index is 530. The van der Waals surface area contributed by atoms with Gasteiger partial charge in [0.2, 0.25) is 5.91 Å². The fourth-order valence-corrected chi connectivity index (χ4v) is 3.44. The van der Waals surface area contributed by atoms with Crippen LogP contribution < -0.4 is 4.90 Å². The molecule has 0 saturated heterocycles. The van der Waals surface area contributed by atoms with Crippen molar-refractivity contribution in [2.45, 2.75) is 32.6 Å². The number of hydrogen-bond donors (Lipinski definition) is 1. The number of carboxylic acid groups (broad SMARTS) is 1. The van der Waals surface area contributed by atoms with Gasteiger partial charge in [-0.05, 0) is 48.8 Å². The lowest BCUT2D eigenvalue weighted by Gasteiger charge is -2.29. The van der Waals surface area contributed by atoms with Crippen molar-refractivity contribution in [2.24, 2.45) is 0 Å². The summed E-state index contributed by atoms with van der Waals surface area (Å²) in [5.74, 6) is 0.720. The molecule has 0 aromatic heterocycles. The molecule has 0 saturated carbocycles. The van der Waals surface area contributed by atoms with Gasteiger partial charge in [0.25, 0.3) is 0 Å². The highest BCUT2D eigenvalue weighted by Crippen LogP contribution is 2.28. The molecule has 0 spiro atoms. The molecule has 5 heteroatoms. The lowest BCUT2D eigenvalue weighted by Crippen LogP contribution is -2.36. The minimum atomic E-state index is -0.920. The second-order valence-corrected chi connectivity index (χ2v) is 6.31. The lowest BCUT2D eigenvalue weighted by molar-refractivity contribution is -0.116. The summed E-state index contributed by atoms with van der Waals surface area (Å²) in [6, 6.07) is 5.05. The van der Waals surface area contributed by atoms with Crippen LogP contribution in [-0.2, 0) is 11.2 Å². The number of nitrogens with zero attached hydrogens (tertiary/aromatic N) is 1. The van der Waals surface area contributed by atoms with E-state index >= 15 is 0 Å². The molecule has 1 amide bonds. The van der Waals surface area contributed by atoms with Crippen molar-refractivity contribution >= 4 is 29.3 Å². The van der Waals surface area contributed by atoms with Crippen LogP contribution in [0.4, 0.5) is 5.69 Å². The third-order valence-electron chi connectivity index (χ3n) is 3.61. The van der Waals surface area contributed by atoms with Crippen molar-refractivity contribution in [3.8, 4) is 0 Å². The molecule has 1 aliphatic rings. The smallest absolute Gasteiger partial charge is 0.335 e. The summed E-state index contributed by atoms with van der Waals surface area (Å²) < 4.78 is 0. The molecule has 0 atom stereocenters. The average molecular weight is 307 g/mol. The Labute approximate surface area is 129 Å². The number of carboxylic acids is 1. The number of hydrogen-bond acceptors (Lipinski definition) is 3. The first-order valence-electron chi connectivity index (χ1n) is 7.37. The minimum absolute atomic E-state index is 0.125. The van der Waals surface area contributed by atoms with Crippen LogP contribution in [0.5, 0.6) is 0 Å². The molecule has 1 aromatic rings. The van der Waals surface area contributed by atoms with Crippen LogP contribution in [-0.4, -0.2) is 35.0 Å². The zero-order chi connectivity index (χ0) is 15.2. The van der Waals surface area contributed by atoms with Crippen molar-refractivity contribution in [1.29, 1.82) is 0 Å². The van der Waals surface area contributed by atoms with E-state index in [1.54, 1.807) is 30.0 Å². The van der Waals surface area contributed by atoms with Crippen LogP contribution in [0.15, 0.2) is 18.2 Å². The Balaban J connectivity index is 2.07. The van der Waals surface area contributed by atoms with Crippen molar-refractivity contribution in [1.82, 2.24) is 0 Å². The quantitative estimate of drug-likeness (QED) is 0.820. The summed E-state index contributed by atoms with van der Waals surface area (Å²) >= 11 is 1.68. The maximum Gasteiger partial charge on any atom is 0.335 e. The molecule has 1 heterocycles. The van der Waals surface area contributed by atoms with Gasteiger partial charge in [-0.25, -0.2) is 4.79 Å². The molecule has 4 nitrogen and oxygen atoms in total. The average Bonchev–Trinajstić information content (AvgIpc) is 2.50. The maximum absolute atomic E-state index is 12.3. The maximum atomic E-state index is 12.3. The van der Waals surface area contributed by atoms with E-state index in [0.29, 0.717) is 11.3 Å². The second kappa shape index (κ2) is 7.50. The van der Waals surface area contributed by atoms with Crippen LogP contribution in [0, 0.1) is 0 Å². The summed E-state index contributed by atoms with van der Waals surface area (Å²) in [7, 11) is 0. The number of fused-ring (bicyclic) bond motifs is 1. The largest absolute Gasteiger partial charge is 0.478 e. The van der Waals surface area contributed by atoms with Gasteiger partial charge in [-0.15, -0.1) is 0 Å². The van der Waals surface area contributed by atoms with E-state index in [1.807, 2.05) is 4.90 Å². The first-order chi connectivity index (χ1) is 10.1. The standard InChI is InChI=1S/C16H21NO3S/c1-2-3-9-21-11-15(18)17-8-4-5-12-10-13(16(19)20)6-7-14(12)17/h6-7,10H,2-5,8-9,11H2,1H3,(H,19,20). The Morgan fingerprint density at radius 3 is 2.90 bits per heavy atom. The Morgan fingerprint density at radius 2 is 2.19 bits per heavy atom. The molecule has 0 unspecified atom stereocenters. The Morgan fingerprint density at radius 1 is 1.38 bits per heavy atom. The third-order valence-corrected chi connectivity index (χ3v) is 4.64. The van der Waals surface area contributed by atoms with E-state index in [-0.39, 0.29) is 5.91 Å². The molecule has 21 heavy (non-hydrogen) atoms. The molecular formula is C16H21NO3S. The van der Waals surface area contributed by atoms with Crippen molar-refractivity contribution in [3.63, 3.8) is 0 Å². The normalized spacial score (nSPS) is 13.9. The van der Waals surface area contributed by atoms with Gasteiger partial charge in [0.05, 0.1) is 11.3 Å². The predicted molar refractivity (Wildman–Crippen MR) is 86.3 cm³/mol. The summed E-state index contributed by atoms with van der Waals surface area (Å²) in [6.45, 7) is 2.87. The van der Waals surface area contributed by atoms with E-state index < -0.39 is 5.97 Å². The highest BCUT2D eigenvalue weighted by molar-refractivity contribution is 7.99. The monoisotopic (exact) mass is 307 g/mol. The number of rotatable bonds is 6. The number of thioether (sulfide) groups is 1. The van der Waals surface area contributed by atoms with Gasteiger partial charge >= 0.3 is 5.97 Å². The molecule has 0 radical (unpaired) electrons. The third kappa shape index (κ3) is 4.00. The summed E-state index contributed by atoms with van der Waals surface area (Å²) in [5.41, 5.74) is 2.14. The molecule has 2 rings (SSSR count). The number of aromatic carboxylic acids is 1. The topological polar surface area (TPSA) is 57.6 Å². The molecule has 0 bridgehead atoms. The Kier molecular flexibility index (Phi) is 5.67. The first kappa shape index (κ1) is 15.9. The van der Waals surface area contributed by atoms with E-state index in [2.05, 4.69) is 6.92 Å². The number of aryl methyl sites for hydroxylation is 1. The van der Waals surface area contributed by atoms with Gasteiger partial charge < -0.3 is 10.0 Å². The van der Waals surface area contributed by atoms with E-state index in [0.717, 1.165) is 49.2 Å². The first-order valence-corrected chi connectivity index (χ1v) is 8.53. The van der Waals surface area contributed by atoms with Gasteiger partial charge in [-0.3, -0.25) is 4.79 Å². The van der Waals surface area contributed by atoms with Crippen LogP contribution in [0.2, 0.25) is 0 Å².